The van der Waals surface area contributed by atoms with Gasteiger partial charge in [-0.1, -0.05) is 11.6 Å². The molecule has 1 aromatic carbocycles. The predicted molar refractivity (Wildman–Crippen MR) is 85.6 cm³/mol. The lowest BCUT2D eigenvalue weighted by molar-refractivity contribution is -0.117. The maximum atomic E-state index is 12.2. The lowest BCUT2D eigenvalue weighted by Crippen LogP contribution is -2.15. The number of nitrogens with zero attached hydrogens (tertiary/aromatic N) is 2. The van der Waals surface area contributed by atoms with Crippen LogP contribution in [0.4, 0.5) is 11.5 Å². The van der Waals surface area contributed by atoms with E-state index < -0.39 is 10.0 Å². The standard InChI is InChI=1S/C14H13ClN4O3S/c15-12-7-8-13(18-17-12)19-23(21,22)11-5-3-10(4-6-11)16-14(20)9-1-2-9/h3-9H,1-2H2,(H,16,20)(H,18,19). The van der Waals surface area contributed by atoms with Crippen LogP contribution in [0.3, 0.4) is 0 Å². The number of hydrogen-bond acceptors (Lipinski definition) is 5. The zero-order valence-electron chi connectivity index (χ0n) is 11.9. The second-order valence-electron chi connectivity index (χ2n) is 5.13. The van der Waals surface area contributed by atoms with E-state index in [1.54, 1.807) is 12.1 Å². The summed E-state index contributed by atoms with van der Waals surface area (Å²) in [5.74, 6) is 0.124. The van der Waals surface area contributed by atoms with Gasteiger partial charge >= 0.3 is 0 Å². The van der Waals surface area contributed by atoms with Gasteiger partial charge in [0.15, 0.2) is 11.0 Å². The minimum Gasteiger partial charge on any atom is -0.326 e. The second-order valence-corrected chi connectivity index (χ2v) is 7.20. The van der Waals surface area contributed by atoms with Crippen LogP contribution in [0.5, 0.6) is 0 Å². The van der Waals surface area contributed by atoms with Gasteiger partial charge in [0.05, 0.1) is 4.90 Å². The molecule has 0 saturated heterocycles. The molecule has 1 saturated carbocycles. The minimum absolute atomic E-state index is 0.0322. The van der Waals surface area contributed by atoms with Crippen molar-refractivity contribution in [2.75, 3.05) is 10.0 Å². The number of benzene rings is 1. The smallest absolute Gasteiger partial charge is 0.263 e. The summed E-state index contributed by atoms with van der Waals surface area (Å²) >= 11 is 5.60. The molecule has 23 heavy (non-hydrogen) atoms. The Labute approximate surface area is 138 Å². The number of carbonyl (C=O) groups excluding carboxylic acids is 1. The molecular formula is C14H13ClN4O3S. The van der Waals surface area contributed by atoms with E-state index in [4.69, 9.17) is 11.6 Å². The number of sulfonamides is 1. The van der Waals surface area contributed by atoms with E-state index in [0.717, 1.165) is 12.8 Å². The Balaban J connectivity index is 1.71. The molecule has 1 amide bonds. The van der Waals surface area contributed by atoms with E-state index in [1.165, 1.54) is 24.3 Å². The summed E-state index contributed by atoms with van der Waals surface area (Å²) in [5.41, 5.74) is 0.562. The Morgan fingerprint density at radius 1 is 1.09 bits per heavy atom. The number of nitrogens with one attached hydrogen (secondary N) is 2. The van der Waals surface area contributed by atoms with E-state index in [2.05, 4.69) is 20.2 Å². The highest BCUT2D eigenvalue weighted by Crippen LogP contribution is 2.30. The molecule has 1 aromatic heterocycles. The first-order valence-corrected chi connectivity index (χ1v) is 8.73. The first-order valence-electron chi connectivity index (χ1n) is 6.87. The van der Waals surface area contributed by atoms with Crippen LogP contribution in [-0.4, -0.2) is 24.5 Å². The van der Waals surface area contributed by atoms with Gasteiger partial charge in [0.2, 0.25) is 5.91 Å². The highest BCUT2D eigenvalue weighted by Gasteiger charge is 2.29. The largest absolute Gasteiger partial charge is 0.326 e. The third kappa shape index (κ3) is 3.96. The van der Waals surface area contributed by atoms with Crippen molar-refractivity contribution < 1.29 is 13.2 Å². The molecule has 1 aliphatic carbocycles. The van der Waals surface area contributed by atoms with Crippen molar-refractivity contribution in [3.8, 4) is 0 Å². The molecule has 2 aromatic rings. The van der Waals surface area contributed by atoms with E-state index in [1.807, 2.05) is 0 Å². The van der Waals surface area contributed by atoms with E-state index >= 15 is 0 Å². The van der Waals surface area contributed by atoms with Gasteiger partial charge in [0, 0.05) is 11.6 Å². The summed E-state index contributed by atoms with van der Waals surface area (Å²) in [6, 6.07) is 8.76. The number of rotatable bonds is 5. The lowest BCUT2D eigenvalue weighted by Gasteiger charge is -2.08. The molecule has 9 heteroatoms. The van der Waals surface area contributed by atoms with Gasteiger partial charge < -0.3 is 5.32 Å². The summed E-state index contributed by atoms with van der Waals surface area (Å²) < 4.78 is 26.8. The molecule has 7 nitrogen and oxygen atoms in total. The summed E-state index contributed by atoms with van der Waals surface area (Å²) in [6.45, 7) is 0. The quantitative estimate of drug-likeness (QED) is 0.859. The molecule has 3 rings (SSSR count). The van der Waals surface area contributed by atoms with E-state index in [0.29, 0.717) is 5.69 Å². The van der Waals surface area contributed by atoms with E-state index in [-0.39, 0.29) is 27.7 Å². The van der Waals surface area contributed by atoms with Crippen LogP contribution in [-0.2, 0) is 14.8 Å². The molecule has 0 radical (unpaired) electrons. The molecule has 1 heterocycles. The average Bonchev–Trinajstić information content (AvgIpc) is 3.35. The summed E-state index contributed by atoms with van der Waals surface area (Å²) in [4.78, 5) is 11.7. The molecular weight excluding hydrogens is 340 g/mol. The molecule has 0 unspecified atom stereocenters. The molecule has 0 bridgehead atoms. The molecule has 0 atom stereocenters. The van der Waals surface area contributed by atoms with Crippen LogP contribution in [0.25, 0.3) is 0 Å². The summed E-state index contributed by atoms with van der Waals surface area (Å²) in [7, 11) is -3.78. The monoisotopic (exact) mass is 352 g/mol. The Kier molecular flexibility index (Phi) is 4.18. The number of halogens is 1. The SMILES string of the molecule is O=C(Nc1ccc(S(=O)(=O)Nc2ccc(Cl)nn2)cc1)C1CC1. The van der Waals surface area contributed by atoms with Gasteiger partial charge in [0.1, 0.15) is 0 Å². The highest BCUT2D eigenvalue weighted by molar-refractivity contribution is 7.92. The zero-order chi connectivity index (χ0) is 16.4. The number of aromatic nitrogens is 2. The van der Waals surface area contributed by atoms with Crippen LogP contribution in [0.2, 0.25) is 5.15 Å². The first kappa shape index (κ1) is 15.7. The number of amides is 1. The predicted octanol–water partition coefficient (Wildman–Crippen LogP) is 2.28. The molecule has 0 aliphatic heterocycles. The fourth-order valence-corrected chi connectivity index (χ4v) is 2.97. The molecule has 120 valence electrons. The van der Waals surface area contributed by atoms with Gasteiger partial charge in [-0.3, -0.25) is 9.52 Å². The summed E-state index contributed by atoms with van der Waals surface area (Å²) in [5, 5.41) is 10.1. The van der Waals surface area contributed by atoms with Gasteiger partial charge in [0.25, 0.3) is 10.0 Å². The molecule has 1 aliphatic rings. The summed E-state index contributed by atoms with van der Waals surface area (Å²) in [6.07, 6.45) is 1.81. The van der Waals surface area contributed by atoms with Crippen molar-refractivity contribution in [2.24, 2.45) is 5.92 Å². The van der Waals surface area contributed by atoms with Crippen LogP contribution in [0.15, 0.2) is 41.3 Å². The molecule has 2 N–H and O–H groups in total. The number of carbonyl (C=O) groups is 1. The van der Waals surface area contributed by atoms with Gasteiger partial charge in [-0.25, -0.2) is 8.42 Å². The fourth-order valence-electron chi connectivity index (χ4n) is 1.87. The van der Waals surface area contributed by atoms with Crippen LogP contribution >= 0.6 is 11.6 Å². The maximum Gasteiger partial charge on any atom is 0.263 e. The maximum absolute atomic E-state index is 12.2. The Hall–Kier alpha value is -2.19. The Bertz CT molecular complexity index is 818. The molecule has 1 fully saturated rings. The normalized spacial score (nSPS) is 14.3. The van der Waals surface area contributed by atoms with Crippen molar-refractivity contribution >= 4 is 39.0 Å². The van der Waals surface area contributed by atoms with Crippen molar-refractivity contribution in [3.05, 3.63) is 41.6 Å². The van der Waals surface area contributed by atoms with Crippen LogP contribution in [0.1, 0.15) is 12.8 Å². The Morgan fingerprint density at radius 3 is 2.35 bits per heavy atom. The van der Waals surface area contributed by atoms with Crippen molar-refractivity contribution in [1.29, 1.82) is 0 Å². The number of anilines is 2. The highest BCUT2D eigenvalue weighted by atomic mass is 35.5. The van der Waals surface area contributed by atoms with E-state index in [9.17, 15) is 13.2 Å². The number of hydrogen-bond donors (Lipinski definition) is 2. The third-order valence-electron chi connectivity index (χ3n) is 3.25. The average molecular weight is 353 g/mol. The lowest BCUT2D eigenvalue weighted by atomic mass is 10.3. The first-order chi connectivity index (χ1) is 10.9. The minimum atomic E-state index is -3.78. The van der Waals surface area contributed by atoms with Crippen LogP contribution in [0, 0.1) is 5.92 Å². The Morgan fingerprint density at radius 2 is 1.78 bits per heavy atom. The second kappa shape index (κ2) is 6.13. The third-order valence-corrected chi connectivity index (χ3v) is 4.82. The van der Waals surface area contributed by atoms with Gasteiger partial charge in [-0.2, -0.15) is 0 Å². The van der Waals surface area contributed by atoms with Gasteiger partial charge in [-0.15, -0.1) is 10.2 Å². The van der Waals surface area contributed by atoms with Crippen LogP contribution < -0.4 is 10.0 Å². The van der Waals surface area contributed by atoms with Crippen molar-refractivity contribution in [1.82, 2.24) is 10.2 Å². The zero-order valence-corrected chi connectivity index (χ0v) is 13.4. The topological polar surface area (TPSA) is 101 Å². The van der Waals surface area contributed by atoms with Gasteiger partial charge in [-0.05, 0) is 49.2 Å². The van der Waals surface area contributed by atoms with Crippen molar-refractivity contribution in [3.63, 3.8) is 0 Å². The van der Waals surface area contributed by atoms with Crippen molar-refractivity contribution in [2.45, 2.75) is 17.7 Å². The fraction of sp³-hybridized carbons (Fsp3) is 0.214. The molecule has 0 spiro atoms.